The van der Waals surface area contributed by atoms with Crippen molar-refractivity contribution in [3.8, 4) is 11.3 Å². The maximum absolute atomic E-state index is 12.8. The van der Waals surface area contributed by atoms with Crippen molar-refractivity contribution in [1.82, 2.24) is 24.6 Å². The number of hydrogen-bond donors (Lipinski definition) is 0. The molecule has 3 aromatic rings. The average Bonchev–Trinajstić information content (AvgIpc) is 3.16. The van der Waals surface area contributed by atoms with Gasteiger partial charge in [-0.3, -0.25) is 19.4 Å². The van der Waals surface area contributed by atoms with E-state index in [4.69, 9.17) is 11.0 Å². The Morgan fingerprint density at radius 1 is 1.31 bits per heavy atom. The highest BCUT2D eigenvalue weighted by Gasteiger charge is 2.15. The summed E-state index contributed by atoms with van der Waals surface area (Å²) in [4.78, 5) is 21.8. The molecule has 1 saturated heterocycles. The fourth-order valence-corrected chi connectivity index (χ4v) is 2.59. The van der Waals surface area contributed by atoms with Crippen molar-refractivity contribution in [3.63, 3.8) is 0 Å². The number of carbonyl (C=O) groups excluding carboxylic acids is 1. The molecule has 0 N–H and O–H groups in total. The van der Waals surface area contributed by atoms with E-state index >= 15 is 0 Å². The van der Waals surface area contributed by atoms with E-state index in [9.17, 15) is 4.79 Å². The zero-order valence-corrected chi connectivity index (χ0v) is 13.9. The Hall–Kier alpha value is -2.64. The number of nitrogens with zero attached hydrogens (tertiary/aromatic N) is 5. The Bertz CT molecular complexity index is 1240. The number of aryl methyl sites for hydroxylation is 1. The summed E-state index contributed by atoms with van der Waals surface area (Å²) in [6, 6.07) is 5.23. The first-order valence-electron chi connectivity index (χ1n) is 11.9. The third-order valence-corrected chi connectivity index (χ3v) is 3.81. The van der Waals surface area contributed by atoms with Gasteiger partial charge in [0.2, 0.25) is 0 Å². The first kappa shape index (κ1) is 9.89. The minimum absolute atomic E-state index is 0.228. The lowest BCUT2D eigenvalue weighted by atomic mass is 10.1. The van der Waals surface area contributed by atoms with E-state index in [0.717, 1.165) is 10.9 Å². The van der Waals surface area contributed by atoms with Crippen LogP contribution < -0.4 is 0 Å². The van der Waals surface area contributed by atoms with Gasteiger partial charge >= 0.3 is 0 Å². The van der Waals surface area contributed by atoms with Crippen molar-refractivity contribution in [2.45, 2.75) is 6.42 Å². The molecule has 1 aliphatic heterocycles. The predicted octanol–water partition coefficient (Wildman–Crippen LogP) is 1.47. The second-order valence-electron chi connectivity index (χ2n) is 5.80. The molecule has 26 heavy (non-hydrogen) atoms. The zero-order valence-electron chi connectivity index (χ0n) is 21.9. The van der Waals surface area contributed by atoms with E-state index in [2.05, 4.69) is 19.8 Å². The molecule has 0 spiro atoms. The van der Waals surface area contributed by atoms with Crippen LogP contribution in [-0.4, -0.2) is 63.1 Å². The van der Waals surface area contributed by atoms with Gasteiger partial charge in [-0.25, -0.2) is 4.98 Å². The van der Waals surface area contributed by atoms with Crippen LogP contribution in [0.3, 0.4) is 0 Å². The molecule has 7 heteroatoms. The highest BCUT2D eigenvalue weighted by molar-refractivity contribution is 5.85. The van der Waals surface area contributed by atoms with E-state index in [0.29, 0.717) is 16.9 Å². The van der Waals surface area contributed by atoms with Crippen molar-refractivity contribution >= 4 is 16.7 Å². The fraction of sp³-hybridized carbons (Fsp3) is 0.368. The van der Waals surface area contributed by atoms with Crippen LogP contribution in [-0.2, 0) is 23.0 Å². The molecule has 0 bridgehead atoms. The molecule has 0 unspecified atom stereocenters. The Labute approximate surface area is 162 Å². The van der Waals surface area contributed by atoms with Gasteiger partial charge in [0.25, 0.3) is 0 Å². The zero-order chi connectivity index (χ0) is 25.1. The van der Waals surface area contributed by atoms with Gasteiger partial charge in [0, 0.05) is 54.6 Å². The number of morpholine rings is 1. The quantitative estimate of drug-likeness (QED) is 0.687. The topological polar surface area (TPSA) is 73.1 Å². The average molecular weight is 359 g/mol. The molecule has 0 aliphatic carbocycles. The van der Waals surface area contributed by atoms with E-state index in [-0.39, 0.29) is 11.3 Å². The third kappa shape index (κ3) is 3.79. The fourth-order valence-electron chi connectivity index (χ4n) is 2.59. The summed E-state index contributed by atoms with van der Waals surface area (Å²) in [5.74, 6) is -0.684. The maximum Gasteiger partial charge on any atom is 0.152 e. The molecular weight excluding hydrogens is 330 g/mol. The number of hydrogen-bond acceptors (Lipinski definition) is 6. The minimum atomic E-state index is -3.20. The summed E-state index contributed by atoms with van der Waals surface area (Å²) in [7, 11) is 1.79. The highest BCUT2D eigenvalue weighted by Crippen LogP contribution is 2.20. The number of Topliss-reactive ketones (excluding diaryl/α,β-unsaturated/α-hetero) is 1. The summed E-state index contributed by atoms with van der Waals surface area (Å²) in [5, 5.41) is 4.85. The normalized spacial score (nSPS) is 27.7. The predicted molar refractivity (Wildman–Crippen MR) is 97.7 cm³/mol. The first-order chi connectivity index (χ1) is 15.6. The van der Waals surface area contributed by atoms with Crippen LogP contribution in [0.2, 0.25) is 0 Å². The lowest BCUT2D eigenvalue weighted by molar-refractivity contribution is -0.120. The number of rotatable bonds is 5. The van der Waals surface area contributed by atoms with E-state index in [1.165, 1.54) is 6.20 Å². The molecule has 0 amide bonds. The lowest BCUT2D eigenvalue weighted by Crippen LogP contribution is -2.39. The number of ether oxygens (including phenoxy) is 1. The molecule has 4 rings (SSSR count). The first-order valence-corrected chi connectivity index (χ1v) is 7.88. The molecule has 1 aliphatic rings. The van der Waals surface area contributed by atoms with Crippen LogP contribution in [0.1, 0.15) is 16.7 Å². The van der Waals surface area contributed by atoms with Gasteiger partial charge in [-0.15, -0.1) is 0 Å². The molecule has 3 aromatic heterocycles. The summed E-state index contributed by atoms with van der Waals surface area (Å²) in [5.41, 5.74) is 2.33. The second kappa shape index (κ2) is 7.31. The molecule has 134 valence electrons. The molecule has 0 atom stereocenters. The molecule has 0 radical (unpaired) electrons. The Kier molecular flexibility index (Phi) is 2.78. The molecule has 7 nitrogen and oxygen atoms in total. The van der Waals surface area contributed by atoms with Crippen LogP contribution in [0.4, 0.5) is 0 Å². The van der Waals surface area contributed by atoms with Crippen molar-refractivity contribution in [2.24, 2.45) is 7.05 Å². The molecule has 4 heterocycles. The SMILES string of the molecule is [2H]C1([2H])OC([2H])([2H])C([2H])([2H])N(CC(=O)Cc2cc3nc(-c4cnn(C)c4)ccc3cn2)C1([2H])[2H]. The van der Waals surface area contributed by atoms with Crippen LogP contribution >= 0.6 is 0 Å². The Morgan fingerprint density at radius 3 is 2.92 bits per heavy atom. The van der Waals surface area contributed by atoms with Gasteiger partial charge in [-0.2, -0.15) is 5.10 Å². The van der Waals surface area contributed by atoms with Crippen LogP contribution in [0.25, 0.3) is 22.2 Å². The van der Waals surface area contributed by atoms with Crippen molar-refractivity contribution in [1.29, 1.82) is 0 Å². The second-order valence-corrected chi connectivity index (χ2v) is 5.80. The van der Waals surface area contributed by atoms with Crippen molar-refractivity contribution in [3.05, 3.63) is 42.5 Å². The van der Waals surface area contributed by atoms with Gasteiger partial charge in [0.15, 0.2) is 5.78 Å². The molecular formula is C19H21N5O2. The summed E-state index contributed by atoms with van der Waals surface area (Å²) < 4.78 is 69.0. The summed E-state index contributed by atoms with van der Waals surface area (Å²) >= 11 is 0. The summed E-state index contributed by atoms with van der Waals surface area (Å²) in [6.45, 7) is -13.5. The molecule has 0 aromatic carbocycles. The minimum Gasteiger partial charge on any atom is -0.379 e. The van der Waals surface area contributed by atoms with Gasteiger partial charge in [-0.05, 0) is 18.2 Å². The molecule has 0 saturated carbocycles. The number of carbonyl (C=O) groups is 1. The monoisotopic (exact) mass is 359 g/mol. The highest BCUT2D eigenvalue weighted by atomic mass is 16.5. The Morgan fingerprint density at radius 2 is 2.15 bits per heavy atom. The van der Waals surface area contributed by atoms with Gasteiger partial charge in [0.1, 0.15) is 0 Å². The Balaban J connectivity index is 1.58. The molecule has 1 fully saturated rings. The summed E-state index contributed by atoms with van der Waals surface area (Å²) in [6.07, 6.45) is 4.69. The number of aromatic nitrogens is 4. The van der Waals surface area contributed by atoms with E-state index in [1.807, 2.05) is 12.1 Å². The van der Waals surface area contributed by atoms with Gasteiger partial charge in [-0.1, -0.05) is 0 Å². The standard InChI is InChI=1S/C19H21N5O2/c1-23-12-15(11-21-23)18-3-2-14-10-20-16(9-19(14)22-18)8-17(25)13-24-4-6-26-7-5-24/h2-3,9-12H,4-8,13H2,1H3/i4D2,5D2,6D2,7D2. The van der Waals surface area contributed by atoms with E-state index < -0.39 is 38.4 Å². The third-order valence-electron chi connectivity index (χ3n) is 3.81. The van der Waals surface area contributed by atoms with Crippen LogP contribution in [0.15, 0.2) is 36.8 Å². The number of pyridine rings is 2. The van der Waals surface area contributed by atoms with Crippen LogP contribution in [0.5, 0.6) is 0 Å². The smallest absolute Gasteiger partial charge is 0.152 e. The van der Waals surface area contributed by atoms with Gasteiger partial charge < -0.3 is 4.74 Å². The van der Waals surface area contributed by atoms with Crippen LogP contribution in [0, 0.1) is 0 Å². The largest absolute Gasteiger partial charge is 0.379 e. The van der Waals surface area contributed by atoms with Crippen molar-refractivity contribution < 1.29 is 20.5 Å². The lowest BCUT2D eigenvalue weighted by Gasteiger charge is -2.25. The van der Waals surface area contributed by atoms with Crippen molar-refractivity contribution in [2.75, 3.05) is 32.7 Å². The number of fused-ring (bicyclic) bond motifs is 1. The van der Waals surface area contributed by atoms with E-state index in [1.54, 1.807) is 30.2 Å². The number of ketones is 1. The maximum atomic E-state index is 12.8. The van der Waals surface area contributed by atoms with Gasteiger partial charge in [0.05, 0.1) is 49.0 Å².